The zero-order valence-corrected chi connectivity index (χ0v) is 14.9. The quantitative estimate of drug-likeness (QED) is 0.825. The number of carbonyl (C=O) groups excluding carboxylic acids is 2. The maximum atomic E-state index is 12.6. The Kier molecular flexibility index (Phi) is 5.93. The minimum Gasteiger partial charge on any atom is -0.497 e. The lowest BCUT2D eigenvalue weighted by Crippen LogP contribution is -2.49. The predicted molar refractivity (Wildman–Crippen MR) is 92.6 cm³/mol. The largest absolute Gasteiger partial charge is 0.497 e. The Morgan fingerprint density at radius 3 is 2.83 bits per heavy atom. The average molecular weight is 336 g/mol. The molecule has 1 unspecified atom stereocenters. The maximum absolute atomic E-state index is 12.6. The number of nitrogens with zero attached hydrogens (tertiary/aromatic N) is 2. The number of hydrogen-bond donors (Lipinski definition) is 0. The van der Waals surface area contributed by atoms with Crippen molar-refractivity contribution in [1.82, 2.24) is 9.80 Å². The molecule has 0 aliphatic carbocycles. The van der Waals surface area contributed by atoms with Crippen LogP contribution in [0.3, 0.4) is 0 Å². The van der Waals surface area contributed by atoms with Gasteiger partial charge in [0.15, 0.2) is 0 Å². The second-order valence-corrected chi connectivity index (χ2v) is 6.95. The van der Waals surface area contributed by atoms with E-state index in [0.717, 1.165) is 11.3 Å². The molecule has 126 valence electrons. The first-order valence-corrected chi connectivity index (χ1v) is 8.86. The zero-order valence-electron chi connectivity index (χ0n) is 14.1. The van der Waals surface area contributed by atoms with Gasteiger partial charge in [0.05, 0.1) is 19.4 Å². The molecule has 0 spiro atoms. The van der Waals surface area contributed by atoms with Crippen LogP contribution in [-0.2, 0) is 16.0 Å². The van der Waals surface area contributed by atoms with Crippen LogP contribution in [-0.4, -0.2) is 59.5 Å². The van der Waals surface area contributed by atoms with Gasteiger partial charge in [-0.2, -0.15) is 0 Å². The highest BCUT2D eigenvalue weighted by molar-refractivity contribution is 7.99. The number of hydrogen-bond acceptors (Lipinski definition) is 4. The summed E-state index contributed by atoms with van der Waals surface area (Å²) in [4.78, 5) is 28.6. The number of benzene rings is 1. The summed E-state index contributed by atoms with van der Waals surface area (Å²) in [6.45, 7) is 3.95. The van der Waals surface area contributed by atoms with Crippen molar-refractivity contribution in [3.8, 4) is 5.75 Å². The van der Waals surface area contributed by atoms with E-state index in [9.17, 15) is 9.59 Å². The van der Waals surface area contributed by atoms with Crippen LogP contribution in [0, 0.1) is 0 Å². The van der Waals surface area contributed by atoms with Crippen LogP contribution in [0.4, 0.5) is 0 Å². The third-order valence-corrected chi connectivity index (χ3v) is 5.11. The van der Waals surface area contributed by atoms with Gasteiger partial charge in [0, 0.05) is 18.8 Å². The van der Waals surface area contributed by atoms with Crippen molar-refractivity contribution in [3.05, 3.63) is 29.8 Å². The lowest BCUT2D eigenvalue weighted by Gasteiger charge is -2.29. The van der Waals surface area contributed by atoms with Gasteiger partial charge in [-0.05, 0) is 31.5 Å². The van der Waals surface area contributed by atoms with Crippen molar-refractivity contribution >= 4 is 23.6 Å². The zero-order chi connectivity index (χ0) is 17.0. The summed E-state index contributed by atoms with van der Waals surface area (Å²) in [6, 6.07) is 7.26. The van der Waals surface area contributed by atoms with Crippen molar-refractivity contribution in [2.45, 2.75) is 32.4 Å². The van der Waals surface area contributed by atoms with Crippen molar-refractivity contribution in [2.75, 3.05) is 25.8 Å². The molecule has 6 heteroatoms. The molecule has 1 atom stereocenters. The fraction of sp³-hybridized carbons (Fsp3) is 0.529. The van der Waals surface area contributed by atoms with Crippen molar-refractivity contribution < 1.29 is 14.3 Å². The molecular weight excluding hydrogens is 312 g/mol. The number of likely N-dealkylation sites (N-methyl/N-ethyl adjacent to an activating group) is 1. The summed E-state index contributed by atoms with van der Waals surface area (Å²) in [6.07, 6.45) is 0.285. The topological polar surface area (TPSA) is 49.9 Å². The van der Waals surface area contributed by atoms with Crippen LogP contribution in [0.25, 0.3) is 0 Å². The molecule has 2 rings (SSSR count). The molecule has 2 amide bonds. The number of carbonyl (C=O) groups is 2. The van der Waals surface area contributed by atoms with E-state index in [1.54, 1.807) is 35.7 Å². The molecule has 1 aromatic rings. The summed E-state index contributed by atoms with van der Waals surface area (Å²) < 4.78 is 5.19. The normalized spacial score (nSPS) is 17.4. The molecule has 1 fully saturated rings. The Morgan fingerprint density at radius 2 is 2.17 bits per heavy atom. The van der Waals surface area contributed by atoms with Crippen molar-refractivity contribution in [3.63, 3.8) is 0 Å². The summed E-state index contributed by atoms with van der Waals surface area (Å²) in [5, 5.41) is 0. The molecule has 0 aromatic heterocycles. The second-order valence-electron chi connectivity index (χ2n) is 5.95. The smallest absolute Gasteiger partial charge is 0.246 e. The fourth-order valence-corrected chi connectivity index (χ4v) is 3.61. The molecule has 0 radical (unpaired) electrons. The highest BCUT2D eigenvalue weighted by Crippen LogP contribution is 2.24. The lowest BCUT2D eigenvalue weighted by atomic mass is 10.1. The number of thioether (sulfide) groups is 1. The van der Waals surface area contributed by atoms with Crippen LogP contribution < -0.4 is 4.74 Å². The third kappa shape index (κ3) is 4.19. The van der Waals surface area contributed by atoms with E-state index in [-0.39, 0.29) is 30.3 Å². The highest BCUT2D eigenvalue weighted by Gasteiger charge is 2.36. The van der Waals surface area contributed by atoms with E-state index in [2.05, 4.69) is 0 Å². The highest BCUT2D eigenvalue weighted by atomic mass is 32.2. The minimum atomic E-state index is -0.356. The first kappa shape index (κ1) is 17.7. The molecule has 1 aliphatic heterocycles. The Balaban J connectivity index is 2.07. The molecule has 5 nitrogen and oxygen atoms in total. The lowest BCUT2D eigenvalue weighted by molar-refractivity contribution is -0.143. The predicted octanol–water partition coefficient (Wildman–Crippen LogP) is 2.01. The summed E-state index contributed by atoms with van der Waals surface area (Å²) in [5.41, 5.74) is 0.898. The van der Waals surface area contributed by atoms with E-state index >= 15 is 0 Å². The Labute approximate surface area is 142 Å². The van der Waals surface area contributed by atoms with Gasteiger partial charge in [-0.15, -0.1) is 11.8 Å². The van der Waals surface area contributed by atoms with Crippen molar-refractivity contribution in [1.29, 1.82) is 0 Å². The minimum absolute atomic E-state index is 0.0150. The number of ether oxygens (including phenoxy) is 1. The van der Waals surface area contributed by atoms with Gasteiger partial charge in [0.2, 0.25) is 11.8 Å². The molecule has 1 aliphatic rings. The maximum Gasteiger partial charge on any atom is 0.246 e. The molecule has 0 bridgehead atoms. The van der Waals surface area contributed by atoms with E-state index in [1.807, 2.05) is 38.1 Å². The second kappa shape index (κ2) is 7.73. The summed E-state index contributed by atoms with van der Waals surface area (Å²) in [5.74, 6) is 1.98. The van der Waals surface area contributed by atoms with Gasteiger partial charge in [-0.25, -0.2) is 0 Å². The van der Waals surface area contributed by atoms with Gasteiger partial charge in [0.25, 0.3) is 0 Å². The van der Waals surface area contributed by atoms with Gasteiger partial charge >= 0.3 is 0 Å². The van der Waals surface area contributed by atoms with Crippen molar-refractivity contribution in [2.24, 2.45) is 0 Å². The van der Waals surface area contributed by atoms with Crippen LogP contribution in [0.15, 0.2) is 24.3 Å². The number of amides is 2. The average Bonchev–Trinajstić information content (AvgIpc) is 3.03. The van der Waals surface area contributed by atoms with Gasteiger partial charge < -0.3 is 14.5 Å². The third-order valence-electron chi connectivity index (χ3n) is 4.10. The van der Waals surface area contributed by atoms with E-state index in [0.29, 0.717) is 11.6 Å². The summed E-state index contributed by atoms with van der Waals surface area (Å²) in [7, 11) is 3.40. The monoisotopic (exact) mass is 336 g/mol. The van der Waals surface area contributed by atoms with Gasteiger partial charge in [-0.1, -0.05) is 12.1 Å². The molecular formula is C17H24N2O3S. The number of methoxy groups -OCH3 is 1. The number of rotatable bonds is 5. The first-order valence-electron chi connectivity index (χ1n) is 7.71. The Hall–Kier alpha value is -1.69. The Bertz CT molecular complexity index is 577. The van der Waals surface area contributed by atoms with E-state index in [1.165, 1.54) is 0 Å². The Morgan fingerprint density at radius 1 is 1.43 bits per heavy atom. The van der Waals surface area contributed by atoms with Gasteiger partial charge in [-0.3, -0.25) is 9.59 Å². The van der Waals surface area contributed by atoms with Crippen LogP contribution in [0.5, 0.6) is 5.75 Å². The van der Waals surface area contributed by atoms with Gasteiger partial charge in [0.1, 0.15) is 11.8 Å². The molecule has 23 heavy (non-hydrogen) atoms. The van der Waals surface area contributed by atoms with Crippen LogP contribution >= 0.6 is 11.8 Å². The fourth-order valence-electron chi connectivity index (χ4n) is 2.44. The van der Waals surface area contributed by atoms with E-state index in [4.69, 9.17) is 4.74 Å². The first-order chi connectivity index (χ1) is 10.9. The molecule has 0 N–H and O–H groups in total. The molecule has 1 heterocycles. The molecule has 0 saturated carbocycles. The molecule has 1 aromatic carbocycles. The van der Waals surface area contributed by atoms with E-state index < -0.39 is 0 Å². The van der Waals surface area contributed by atoms with Crippen LogP contribution in [0.2, 0.25) is 0 Å². The van der Waals surface area contributed by atoms with Crippen LogP contribution in [0.1, 0.15) is 19.4 Å². The summed E-state index contributed by atoms with van der Waals surface area (Å²) >= 11 is 1.63. The SMILES string of the molecule is COc1cccc(CC(=O)N2CSCC2C(=O)N(C)C(C)C)c1. The molecule has 1 saturated heterocycles. The standard InChI is InChI=1S/C17H24N2O3S/c1-12(2)18(3)17(21)15-10-23-11-19(15)16(20)9-13-6-5-7-14(8-13)22-4/h5-8,12,15H,9-11H2,1-4H3.